The van der Waals surface area contributed by atoms with Crippen molar-refractivity contribution in [3.8, 4) is 0 Å². The maximum atomic E-state index is 5.74. The van der Waals surface area contributed by atoms with Crippen molar-refractivity contribution in [2.45, 2.75) is 20.8 Å². The Morgan fingerprint density at radius 1 is 1.25 bits per heavy atom. The van der Waals surface area contributed by atoms with Crippen LogP contribution in [0.2, 0.25) is 0 Å². The third-order valence-corrected chi connectivity index (χ3v) is 3.37. The number of nitrogens with zero attached hydrogens (tertiary/aromatic N) is 2. The molecule has 0 aliphatic heterocycles. The van der Waals surface area contributed by atoms with Crippen LogP contribution in [0.3, 0.4) is 0 Å². The smallest absolute Gasteiger partial charge is 0.133 e. The molecule has 0 saturated heterocycles. The van der Waals surface area contributed by atoms with E-state index < -0.39 is 0 Å². The fourth-order valence-corrected chi connectivity index (χ4v) is 2.32. The van der Waals surface area contributed by atoms with Gasteiger partial charge in [0.1, 0.15) is 10.8 Å². The molecule has 0 aliphatic rings. The zero-order valence-electron chi connectivity index (χ0n) is 12.1. The second-order valence-electron chi connectivity index (χ2n) is 4.80. The molecular weight excluding hydrogens is 266 g/mol. The third-order valence-electron chi connectivity index (χ3n) is 3.13. The Bertz CT molecular complexity index is 637. The molecule has 0 fully saturated rings. The highest BCUT2D eigenvalue weighted by Crippen LogP contribution is 2.25. The van der Waals surface area contributed by atoms with E-state index >= 15 is 0 Å². The van der Waals surface area contributed by atoms with E-state index in [1.165, 1.54) is 5.56 Å². The second kappa shape index (κ2) is 6.01. The van der Waals surface area contributed by atoms with E-state index in [4.69, 9.17) is 18.0 Å². The average Bonchev–Trinajstić information content (AvgIpc) is 2.39. The number of pyridine rings is 1. The standard InChI is InChI=1S/C16H19N3S/c1-4-19(14-7-5-6-11(2)8-14)15-10-13(16(17)20)9-12(3)18-15/h5-10H,4H2,1-3H3,(H2,17,20). The maximum Gasteiger partial charge on any atom is 0.133 e. The molecule has 1 aromatic carbocycles. The van der Waals surface area contributed by atoms with Crippen LogP contribution in [-0.4, -0.2) is 16.5 Å². The predicted molar refractivity (Wildman–Crippen MR) is 88.7 cm³/mol. The van der Waals surface area contributed by atoms with Gasteiger partial charge in [-0.05, 0) is 50.6 Å². The molecule has 2 rings (SSSR count). The van der Waals surface area contributed by atoms with E-state index in [0.717, 1.165) is 29.3 Å². The highest BCUT2D eigenvalue weighted by atomic mass is 32.1. The lowest BCUT2D eigenvalue weighted by atomic mass is 10.2. The molecule has 0 radical (unpaired) electrons. The zero-order valence-corrected chi connectivity index (χ0v) is 12.9. The van der Waals surface area contributed by atoms with Gasteiger partial charge in [-0.15, -0.1) is 0 Å². The van der Waals surface area contributed by atoms with E-state index in [-0.39, 0.29) is 0 Å². The van der Waals surface area contributed by atoms with Crippen molar-refractivity contribution in [1.29, 1.82) is 0 Å². The van der Waals surface area contributed by atoms with Gasteiger partial charge in [0.15, 0.2) is 0 Å². The lowest BCUT2D eigenvalue weighted by molar-refractivity contribution is 0.977. The summed E-state index contributed by atoms with van der Waals surface area (Å²) in [6.45, 7) is 6.97. The number of rotatable bonds is 4. The Morgan fingerprint density at radius 3 is 2.60 bits per heavy atom. The van der Waals surface area contributed by atoms with Crippen molar-refractivity contribution < 1.29 is 0 Å². The Labute approximate surface area is 125 Å². The van der Waals surface area contributed by atoms with Crippen LogP contribution in [0.4, 0.5) is 11.5 Å². The van der Waals surface area contributed by atoms with Gasteiger partial charge in [-0.25, -0.2) is 4.98 Å². The molecule has 3 nitrogen and oxygen atoms in total. The van der Waals surface area contributed by atoms with Crippen LogP contribution < -0.4 is 10.6 Å². The Balaban J connectivity index is 2.49. The molecule has 0 atom stereocenters. The molecule has 1 heterocycles. The molecule has 2 aromatic rings. The molecular formula is C16H19N3S. The summed E-state index contributed by atoms with van der Waals surface area (Å²) in [6, 6.07) is 12.2. The lowest BCUT2D eigenvalue weighted by Crippen LogP contribution is -2.19. The minimum atomic E-state index is 0.400. The summed E-state index contributed by atoms with van der Waals surface area (Å²) in [5, 5.41) is 0. The van der Waals surface area contributed by atoms with Gasteiger partial charge in [0, 0.05) is 23.5 Å². The Morgan fingerprint density at radius 2 is 2.00 bits per heavy atom. The molecule has 2 N–H and O–H groups in total. The molecule has 0 saturated carbocycles. The lowest BCUT2D eigenvalue weighted by Gasteiger charge is -2.23. The highest BCUT2D eigenvalue weighted by molar-refractivity contribution is 7.80. The minimum absolute atomic E-state index is 0.400. The molecule has 0 bridgehead atoms. The molecule has 104 valence electrons. The molecule has 0 amide bonds. The summed E-state index contributed by atoms with van der Waals surface area (Å²) in [7, 11) is 0. The number of aryl methyl sites for hydroxylation is 2. The molecule has 20 heavy (non-hydrogen) atoms. The number of benzene rings is 1. The van der Waals surface area contributed by atoms with Gasteiger partial charge in [-0.3, -0.25) is 0 Å². The van der Waals surface area contributed by atoms with Gasteiger partial charge >= 0.3 is 0 Å². The van der Waals surface area contributed by atoms with Gasteiger partial charge in [-0.2, -0.15) is 0 Å². The summed E-state index contributed by atoms with van der Waals surface area (Å²) in [5.74, 6) is 0.876. The Hall–Kier alpha value is -1.94. The van der Waals surface area contributed by atoms with Gasteiger partial charge in [0.25, 0.3) is 0 Å². The highest BCUT2D eigenvalue weighted by Gasteiger charge is 2.11. The SMILES string of the molecule is CCN(c1cccc(C)c1)c1cc(C(N)=S)cc(C)n1. The zero-order chi connectivity index (χ0) is 14.7. The molecule has 0 spiro atoms. The van der Waals surface area contributed by atoms with Crippen LogP contribution in [0.15, 0.2) is 36.4 Å². The molecule has 1 aromatic heterocycles. The van der Waals surface area contributed by atoms with Crippen molar-refractivity contribution in [2.24, 2.45) is 5.73 Å². The first kappa shape index (κ1) is 14.5. The third kappa shape index (κ3) is 3.14. The van der Waals surface area contributed by atoms with Crippen molar-refractivity contribution in [1.82, 2.24) is 4.98 Å². The largest absolute Gasteiger partial charge is 0.389 e. The van der Waals surface area contributed by atoms with Crippen LogP contribution in [0.5, 0.6) is 0 Å². The van der Waals surface area contributed by atoms with E-state index in [2.05, 4.69) is 48.0 Å². The normalized spacial score (nSPS) is 10.3. The van der Waals surface area contributed by atoms with Crippen LogP contribution in [0, 0.1) is 13.8 Å². The fraction of sp³-hybridized carbons (Fsp3) is 0.250. The molecule has 4 heteroatoms. The van der Waals surface area contributed by atoms with Gasteiger partial charge in [0.05, 0.1) is 0 Å². The number of nitrogens with two attached hydrogens (primary N) is 1. The van der Waals surface area contributed by atoms with Crippen molar-refractivity contribution >= 4 is 28.7 Å². The summed E-state index contributed by atoms with van der Waals surface area (Å²) < 4.78 is 0. The summed E-state index contributed by atoms with van der Waals surface area (Å²) in [6.07, 6.45) is 0. The van der Waals surface area contributed by atoms with Crippen molar-refractivity contribution in [3.63, 3.8) is 0 Å². The topological polar surface area (TPSA) is 42.1 Å². The number of hydrogen-bond acceptors (Lipinski definition) is 3. The number of aromatic nitrogens is 1. The maximum absolute atomic E-state index is 5.74. The number of anilines is 2. The van der Waals surface area contributed by atoms with Crippen LogP contribution >= 0.6 is 12.2 Å². The molecule has 0 unspecified atom stereocenters. The van der Waals surface area contributed by atoms with Gasteiger partial charge in [0.2, 0.25) is 0 Å². The van der Waals surface area contributed by atoms with E-state index in [1.54, 1.807) is 0 Å². The van der Waals surface area contributed by atoms with Crippen LogP contribution in [0.1, 0.15) is 23.7 Å². The van der Waals surface area contributed by atoms with Crippen LogP contribution in [-0.2, 0) is 0 Å². The summed E-state index contributed by atoms with van der Waals surface area (Å²) in [4.78, 5) is 7.16. The first-order chi connectivity index (χ1) is 9.51. The van der Waals surface area contributed by atoms with Crippen molar-refractivity contribution in [2.75, 3.05) is 11.4 Å². The number of thiocarbonyl (C=S) groups is 1. The second-order valence-corrected chi connectivity index (χ2v) is 5.24. The Kier molecular flexibility index (Phi) is 4.35. The quantitative estimate of drug-likeness (QED) is 0.873. The summed E-state index contributed by atoms with van der Waals surface area (Å²) in [5.41, 5.74) is 9.86. The van der Waals surface area contributed by atoms with E-state index in [9.17, 15) is 0 Å². The monoisotopic (exact) mass is 285 g/mol. The number of hydrogen-bond donors (Lipinski definition) is 1. The average molecular weight is 285 g/mol. The van der Waals surface area contributed by atoms with E-state index in [0.29, 0.717) is 4.99 Å². The van der Waals surface area contributed by atoms with E-state index in [1.807, 2.05) is 19.1 Å². The first-order valence-electron chi connectivity index (χ1n) is 6.64. The van der Waals surface area contributed by atoms with Gasteiger partial charge in [-0.1, -0.05) is 24.4 Å². The predicted octanol–water partition coefficient (Wildman–Crippen LogP) is 3.49. The van der Waals surface area contributed by atoms with Gasteiger partial charge < -0.3 is 10.6 Å². The van der Waals surface area contributed by atoms with Crippen molar-refractivity contribution in [3.05, 3.63) is 53.2 Å². The molecule has 0 aliphatic carbocycles. The first-order valence-corrected chi connectivity index (χ1v) is 7.04. The van der Waals surface area contributed by atoms with Crippen LogP contribution in [0.25, 0.3) is 0 Å². The minimum Gasteiger partial charge on any atom is -0.389 e. The fourth-order valence-electron chi connectivity index (χ4n) is 2.20. The summed E-state index contributed by atoms with van der Waals surface area (Å²) >= 11 is 5.07.